The van der Waals surface area contributed by atoms with E-state index >= 15 is 4.39 Å². The molecular weight excluding hydrogens is 631 g/mol. The molecule has 2 saturated heterocycles. The minimum atomic E-state index is -4.54. The average Bonchev–Trinajstić information content (AvgIpc) is 3.72. The molecule has 4 aromatic heterocycles. The van der Waals surface area contributed by atoms with Gasteiger partial charge in [0.15, 0.2) is 34.4 Å². The zero-order valence-electron chi connectivity index (χ0n) is 22.3. The first-order valence-electron chi connectivity index (χ1n) is 12.7. The van der Waals surface area contributed by atoms with Crippen LogP contribution in [0, 0.1) is 18.2 Å². The summed E-state index contributed by atoms with van der Waals surface area (Å²) in [6, 6.07) is 0. The number of aromatic amines is 1. The number of halogens is 2. The first-order valence-corrected chi connectivity index (χ1v) is 15.3. The molecule has 4 aromatic rings. The molecule has 7 atom stereocenters. The number of aromatic nitrogens is 7. The molecule has 234 valence electrons. The number of terminal acetylenes is 1. The van der Waals surface area contributed by atoms with Gasteiger partial charge in [-0.25, -0.2) is 23.7 Å². The van der Waals surface area contributed by atoms with Gasteiger partial charge in [0.25, 0.3) is 5.56 Å². The molecule has 0 aliphatic carbocycles. The number of nitrogen functional groups attached to an aromatic ring is 2. The van der Waals surface area contributed by atoms with E-state index in [4.69, 9.17) is 48.2 Å². The molecule has 1 unspecified atom stereocenters. The summed E-state index contributed by atoms with van der Waals surface area (Å²) < 4.78 is 55.3. The number of ether oxygens (including phenoxy) is 2. The number of rotatable bonds is 8. The highest BCUT2D eigenvalue weighted by atomic mass is 32.5. The molecule has 2 fully saturated rings. The molecule has 6 heterocycles. The number of aliphatic hydroxyl groups is 2. The monoisotopic (exact) mass is 655 g/mol. The summed E-state index contributed by atoms with van der Waals surface area (Å²) in [5, 5.41) is 20.5. The number of nitrogens with one attached hydrogen (secondary N) is 1. The quantitative estimate of drug-likeness (QED) is 0.100. The van der Waals surface area contributed by atoms with Crippen molar-refractivity contribution >= 4 is 52.5 Å². The number of hydrogen-bond donors (Lipinski definition) is 6. The number of nitrogens with two attached hydrogens (primary N) is 2. The molecule has 21 heteroatoms. The first kappa shape index (κ1) is 30.4. The van der Waals surface area contributed by atoms with Crippen LogP contribution in [0.1, 0.15) is 12.6 Å². The van der Waals surface area contributed by atoms with Gasteiger partial charge in [-0.1, -0.05) is 5.92 Å². The normalized spacial score (nSPS) is 30.2. The topological polar surface area (TPSA) is 244 Å². The highest BCUT2D eigenvalue weighted by Gasteiger charge is 2.57. The van der Waals surface area contributed by atoms with Crippen LogP contribution in [0.25, 0.3) is 22.2 Å². The Labute approximate surface area is 250 Å². The summed E-state index contributed by atoms with van der Waals surface area (Å²) >= 11 is 5.20. The molecule has 0 saturated carbocycles. The molecule has 0 bridgehead atoms. The Morgan fingerprint density at radius 3 is 2.82 bits per heavy atom. The van der Waals surface area contributed by atoms with E-state index in [2.05, 4.69) is 30.8 Å². The Bertz CT molecular complexity index is 1920. The Kier molecular flexibility index (Phi) is 7.43. The lowest BCUT2D eigenvalue weighted by Crippen LogP contribution is -2.47. The predicted molar refractivity (Wildman–Crippen MR) is 150 cm³/mol. The van der Waals surface area contributed by atoms with E-state index in [1.807, 2.05) is 0 Å². The van der Waals surface area contributed by atoms with E-state index in [9.17, 15) is 24.3 Å². The minimum Gasteiger partial charge on any atom is -0.394 e. The van der Waals surface area contributed by atoms with Gasteiger partial charge in [-0.3, -0.25) is 18.9 Å². The maximum atomic E-state index is 15.9. The van der Waals surface area contributed by atoms with Crippen molar-refractivity contribution in [3.8, 4) is 12.3 Å². The summed E-state index contributed by atoms with van der Waals surface area (Å²) in [6.07, 6.45) is 2.62. The van der Waals surface area contributed by atoms with Gasteiger partial charge >= 0.3 is 6.72 Å². The number of anilines is 2. The van der Waals surface area contributed by atoms with E-state index in [1.165, 1.54) is 4.57 Å². The third-order valence-electron chi connectivity index (χ3n) is 7.45. The van der Waals surface area contributed by atoms with Crippen LogP contribution in [-0.2, 0) is 36.1 Å². The lowest BCUT2D eigenvalue weighted by molar-refractivity contribution is -0.0990. The van der Waals surface area contributed by atoms with Crippen LogP contribution in [-0.4, -0.2) is 93.0 Å². The fourth-order valence-corrected chi connectivity index (χ4v) is 6.86. The maximum Gasteiger partial charge on any atom is 0.327 e. The van der Waals surface area contributed by atoms with Crippen molar-refractivity contribution < 1.29 is 42.4 Å². The van der Waals surface area contributed by atoms with Gasteiger partial charge in [-0.05, 0) is 11.8 Å². The molecule has 17 nitrogen and oxygen atoms in total. The van der Waals surface area contributed by atoms with Crippen molar-refractivity contribution in [2.24, 2.45) is 0 Å². The minimum absolute atomic E-state index is 0.0596. The number of aliphatic hydroxyl groups excluding tert-OH is 2. The van der Waals surface area contributed by atoms with Gasteiger partial charge in [0.2, 0.25) is 11.7 Å². The Balaban J connectivity index is 1.29. The van der Waals surface area contributed by atoms with E-state index in [-0.39, 0.29) is 40.4 Å². The van der Waals surface area contributed by atoms with Crippen LogP contribution >= 0.6 is 6.72 Å². The van der Waals surface area contributed by atoms with Crippen molar-refractivity contribution in [3.63, 3.8) is 0 Å². The summed E-state index contributed by atoms with van der Waals surface area (Å²) in [7, 11) is 0. The van der Waals surface area contributed by atoms with E-state index < -0.39 is 73.8 Å². The fraction of sp³-hybridized carbons (Fsp3) is 0.435. The lowest BCUT2D eigenvalue weighted by Gasteiger charge is -2.35. The number of imidazole rings is 1. The molecule has 2 aliphatic heterocycles. The Hall–Kier alpha value is -3.64. The molecule has 6 rings (SSSR count). The number of H-pyrrole nitrogens is 1. The smallest absolute Gasteiger partial charge is 0.327 e. The number of nitrogens with zero attached hydrogens (tertiary/aromatic N) is 6. The van der Waals surface area contributed by atoms with Crippen molar-refractivity contribution in [1.29, 1.82) is 0 Å². The van der Waals surface area contributed by atoms with Gasteiger partial charge in [-0.2, -0.15) is 4.98 Å². The molecule has 44 heavy (non-hydrogen) atoms. The van der Waals surface area contributed by atoms with Crippen LogP contribution in [0.2, 0.25) is 0 Å². The molecule has 0 spiro atoms. The molecule has 2 aliphatic rings. The Morgan fingerprint density at radius 2 is 2.11 bits per heavy atom. The second kappa shape index (κ2) is 10.8. The van der Waals surface area contributed by atoms with Crippen LogP contribution in [0.3, 0.4) is 0 Å². The summed E-state index contributed by atoms with van der Waals surface area (Å²) in [4.78, 5) is 41.5. The lowest BCUT2D eigenvalue weighted by atomic mass is 9.99. The van der Waals surface area contributed by atoms with Crippen LogP contribution in [0.4, 0.5) is 20.5 Å². The highest BCUT2D eigenvalue weighted by Crippen LogP contribution is 2.54. The molecule has 0 radical (unpaired) electrons. The zero-order valence-corrected chi connectivity index (χ0v) is 24.0. The summed E-state index contributed by atoms with van der Waals surface area (Å²) in [5.74, 6) is 1.12. The van der Waals surface area contributed by atoms with E-state index in [0.29, 0.717) is 0 Å². The van der Waals surface area contributed by atoms with Gasteiger partial charge < -0.3 is 45.1 Å². The zero-order chi connectivity index (χ0) is 31.6. The SMILES string of the molecule is C#C[C@]1(COP(O)(=S)O[C@@]2(n3cnc4c(=O)[nH]c(N)nc43)CO[C@H](CO)[C@H]2F)O[C@@H](n2cc(F)c3c(N)ncnc32)C[C@@H]1O. The largest absolute Gasteiger partial charge is 0.394 e. The fourth-order valence-electron chi connectivity index (χ4n) is 5.26. The third-order valence-corrected chi connectivity index (χ3v) is 8.99. The van der Waals surface area contributed by atoms with E-state index in [0.717, 1.165) is 23.4 Å². The summed E-state index contributed by atoms with van der Waals surface area (Å²) in [6.45, 7) is -6.73. The van der Waals surface area contributed by atoms with Crippen LogP contribution < -0.4 is 17.0 Å². The maximum absolute atomic E-state index is 15.9. The first-order chi connectivity index (χ1) is 20.8. The van der Waals surface area contributed by atoms with E-state index in [1.54, 1.807) is 0 Å². The average molecular weight is 656 g/mol. The van der Waals surface area contributed by atoms with Gasteiger partial charge in [-0.15, -0.1) is 6.42 Å². The number of hydrogen-bond acceptors (Lipinski definition) is 14. The Morgan fingerprint density at radius 1 is 1.34 bits per heavy atom. The number of alkyl halides is 1. The van der Waals surface area contributed by atoms with Gasteiger partial charge in [0.1, 0.15) is 30.6 Å². The van der Waals surface area contributed by atoms with Crippen molar-refractivity contribution in [2.75, 3.05) is 31.3 Å². The second-order valence-electron chi connectivity index (χ2n) is 10.0. The molecular formula is C23H24F2N9O8PS. The van der Waals surface area contributed by atoms with Crippen LogP contribution in [0.15, 0.2) is 23.6 Å². The number of fused-ring (bicyclic) bond motifs is 2. The van der Waals surface area contributed by atoms with Gasteiger partial charge in [0.05, 0.1) is 31.5 Å². The second-order valence-corrected chi connectivity index (χ2v) is 12.8. The highest BCUT2D eigenvalue weighted by molar-refractivity contribution is 8.07. The molecule has 0 amide bonds. The standard InChI is InChI=1S/C23H24F2N9O8PS/c1-2-22(12(36)3-13(41-22)33-4-10(24)14-17(26)28-8-29-18(14)33)6-40-43(38,44)42-23(7-39-11(5-35)16(23)25)34-9-30-15-19(34)31-21(27)32-20(15)37/h1,4,8-9,11-13,16,35-36H,3,5-7H2,(H,38,44)(H2,26,28,29)(H3,27,31,32,37)/t11-,12+,13-,16-,22-,23+,43?/m1/s1. The summed E-state index contributed by atoms with van der Waals surface area (Å²) in [5.41, 5.74) is 6.02. The predicted octanol–water partition coefficient (Wildman–Crippen LogP) is -0.848. The molecule has 8 N–H and O–H groups in total. The van der Waals surface area contributed by atoms with Gasteiger partial charge in [0, 0.05) is 12.6 Å². The van der Waals surface area contributed by atoms with Crippen LogP contribution in [0.5, 0.6) is 0 Å². The van der Waals surface area contributed by atoms with Crippen molar-refractivity contribution in [2.45, 2.75) is 42.4 Å². The van der Waals surface area contributed by atoms with Crippen molar-refractivity contribution in [1.82, 2.24) is 34.1 Å². The third kappa shape index (κ3) is 4.73. The van der Waals surface area contributed by atoms with Crippen molar-refractivity contribution in [3.05, 3.63) is 35.0 Å². The molecule has 0 aromatic carbocycles.